The quantitative estimate of drug-likeness (QED) is 0.506. The van der Waals surface area contributed by atoms with E-state index in [9.17, 15) is 0 Å². The van der Waals surface area contributed by atoms with Crippen molar-refractivity contribution in [1.29, 1.82) is 0 Å². The van der Waals surface area contributed by atoms with Crippen LogP contribution in [0, 0.1) is 5.92 Å². The molecule has 2 heteroatoms. The van der Waals surface area contributed by atoms with Gasteiger partial charge in [0.25, 0.3) is 0 Å². The van der Waals surface area contributed by atoms with Gasteiger partial charge in [-0.3, -0.25) is 0 Å². The van der Waals surface area contributed by atoms with Crippen LogP contribution in [-0.4, -0.2) is 24.4 Å². The van der Waals surface area contributed by atoms with Crippen molar-refractivity contribution in [3.8, 4) is 0 Å². The van der Waals surface area contributed by atoms with Crippen molar-refractivity contribution < 1.29 is 9.47 Å². The summed E-state index contributed by atoms with van der Waals surface area (Å²) in [7, 11) is 0. The topological polar surface area (TPSA) is 18.5 Å². The average molecular weight is 142 g/mol. The van der Waals surface area contributed by atoms with Crippen LogP contribution < -0.4 is 0 Å². The van der Waals surface area contributed by atoms with E-state index in [0.717, 1.165) is 6.61 Å². The van der Waals surface area contributed by atoms with E-state index in [1.165, 1.54) is 0 Å². The fraction of sp³-hybridized carbons (Fsp3) is 1.00. The van der Waals surface area contributed by atoms with Crippen LogP contribution in [0.1, 0.15) is 20.8 Å². The van der Waals surface area contributed by atoms with Crippen LogP contribution in [0.3, 0.4) is 0 Å². The SMILES string of the molecule is C[C@H]1O[C@@]2(C)CO[C@H]1[C@@H]2C. The van der Waals surface area contributed by atoms with Crippen LogP contribution in [0.2, 0.25) is 0 Å². The highest BCUT2D eigenvalue weighted by Crippen LogP contribution is 2.43. The summed E-state index contributed by atoms with van der Waals surface area (Å²) in [5.74, 6) is 0.572. The second kappa shape index (κ2) is 1.74. The summed E-state index contributed by atoms with van der Waals surface area (Å²) in [6, 6.07) is 0. The first-order valence-electron chi connectivity index (χ1n) is 3.93. The molecule has 0 amide bonds. The summed E-state index contributed by atoms with van der Waals surface area (Å²) in [6.07, 6.45) is 0.652. The van der Waals surface area contributed by atoms with E-state index in [4.69, 9.17) is 9.47 Å². The molecular weight excluding hydrogens is 128 g/mol. The molecule has 10 heavy (non-hydrogen) atoms. The first kappa shape index (κ1) is 6.62. The zero-order chi connectivity index (χ0) is 7.35. The van der Waals surface area contributed by atoms with Gasteiger partial charge in [0.1, 0.15) is 0 Å². The Kier molecular flexibility index (Phi) is 1.15. The van der Waals surface area contributed by atoms with Gasteiger partial charge in [-0.2, -0.15) is 0 Å². The lowest BCUT2D eigenvalue weighted by Crippen LogP contribution is -2.33. The van der Waals surface area contributed by atoms with Crippen molar-refractivity contribution in [1.82, 2.24) is 0 Å². The Hall–Kier alpha value is -0.0800. The predicted octanol–water partition coefficient (Wildman–Crippen LogP) is 1.20. The Bertz CT molecular complexity index is 157. The highest BCUT2D eigenvalue weighted by atomic mass is 16.6. The second-order valence-corrected chi connectivity index (χ2v) is 3.70. The minimum atomic E-state index is 0.0179. The molecule has 2 aliphatic rings. The maximum absolute atomic E-state index is 5.73. The molecule has 0 aromatic carbocycles. The van der Waals surface area contributed by atoms with E-state index in [1.54, 1.807) is 0 Å². The van der Waals surface area contributed by atoms with Gasteiger partial charge in [-0.1, -0.05) is 6.92 Å². The molecule has 0 N–H and O–H groups in total. The van der Waals surface area contributed by atoms with Gasteiger partial charge < -0.3 is 9.47 Å². The maximum atomic E-state index is 5.73. The Morgan fingerprint density at radius 2 is 2.10 bits per heavy atom. The van der Waals surface area contributed by atoms with E-state index in [2.05, 4.69) is 20.8 Å². The molecule has 2 heterocycles. The van der Waals surface area contributed by atoms with E-state index in [1.807, 2.05) is 0 Å². The van der Waals surface area contributed by atoms with Gasteiger partial charge in [-0.15, -0.1) is 0 Å². The van der Waals surface area contributed by atoms with Gasteiger partial charge >= 0.3 is 0 Å². The molecule has 0 saturated carbocycles. The average Bonchev–Trinajstić information content (AvgIpc) is 2.20. The van der Waals surface area contributed by atoms with E-state index < -0.39 is 0 Å². The highest BCUT2D eigenvalue weighted by molar-refractivity contribution is 5.01. The maximum Gasteiger partial charge on any atom is 0.0942 e. The minimum Gasteiger partial charge on any atom is -0.372 e. The van der Waals surface area contributed by atoms with Crippen molar-refractivity contribution in [2.45, 2.75) is 38.6 Å². The lowest BCUT2D eigenvalue weighted by molar-refractivity contribution is -0.128. The van der Waals surface area contributed by atoms with Crippen molar-refractivity contribution in [2.75, 3.05) is 6.61 Å². The van der Waals surface area contributed by atoms with Crippen LogP contribution in [0.5, 0.6) is 0 Å². The Balaban J connectivity index is 2.26. The number of rotatable bonds is 0. The van der Waals surface area contributed by atoms with Gasteiger partial charge in [0, 0.05) is 5.92 Å². The first-order chi connectivity index (χ1) is 4.63. The molecule has 2 saturated heterocycles. The third-order valence-electron chi connectivity index (χ3n) is 2.94. The lowest BCUT2D eigenvalue weighted by Gasteiger charge is -2.25. The minimum absolute atomic E-state index is 0.0179. The highest BCUT2D eigenvalue weighted by Gasteiger charge is 2.54. The summed E-state index contributed by atoms with van der Waals surface area (Å²) in [5.41, 5.74) is 0.0179. The van der Waals surface area contributed by atoms with Gasteiger partial charge in [0.2, 0.25) is 0 Å². The largest absolute Gasteiger partial charge is 0.372 e. The molecule has 0 radical (unpaired) electrons. The Morgan fingerprint density at radius 1 is 1.40 bits per heavy atom. The van der Waals surface area contributed by atoms with Crippen LogP contribution in [0.15, 0.2) is 0 Å². The molecule has 4 atom stereocenters. The summed E-state index contributed by atoms with van der Waals surface area (Å²) in [4.78, 5) is 0. The zero-order valence-electron chi connectivity index (χ0n) is 6.76. The number of hydrogen-bond donors (Lipinski definition) is 0. The second-order valence-electron chi connectivity index (χ2n) is 3.70. The molecule has 2 rings (SSSR count). The predicted molar refractivity (Wildman–Crippen MR) is 37.9 cm³/mol. The molecule has 2 nitrogen and oxygen atoms in total. The molecule has 0 aromatic heterocycles. The van der Waals surface area contributed by atoms with Crippen LogP contribution >= 0.6 is 0 Å². The van der Waals surface area contributed by atoms with E-state index in [0.29, 0.717) is 18.1 Å². The molecule has 2 aliphatic heterocycles. The van der Waals surface area contributed by atoms with Crippen LogP contribution in [0.25, 0.3) is 0 Å². The third kappa shape index (κ3) is 0.611. The van der Waals surface area contributed by atoms with Crippen LogP contribution in [0.4, 0.5) is 0 Å². The first-order valence-corrected chi connectivity index (χ1v) is 3.93. The summed E-state index contributed by atoms with van der Waals surface area (Å²) in [6.45, 7) is 7.22. The van der Waals surface area contributed by atoms with Gasteiger partial charge in [0.15, 0.2) is 0 Å². The standard InChI is InChI=1S/C8H14O2/c1-5-7-6(2)10-8(5,3)4-9-7/h5-7H,4H2,1-3H3/t5-,6+,7-,8-/m0/s1. The van der Waals surface area contributed by atoms with Gasteiger partial charge in [-0.25, -0.2) is 0 Å². The molecule has 0 aromatic rings. The third-order valence-corrected chi connectivity index (χ3v) is 2.94. The lowest BCUT2D eigenvalue weighted by atomic mass is 9.92. The fourth-order valence-corrected chi connectivity index (χ4v) is 2.06. The monoisotopic (exact) mass is 142 g/mol. The Morgan fingerprint density at radius 3 is 2.30 bits per heavy atom. The molecular formula is C8H14O2. The summed E-state index contributed by atoms with van der Waals surface area (Å²) in [5, 5.41) is 0. The number of hydrogen-bond acceptors (Lipinski definition) is 2. The molecule has 0 aliphatic carbocycles. The zero-order valence-corrected chi connectivity index (χ0v) is 6.76. The van der Waals surface area contributed by atoms with Gasteiger partial charge in [-0.05, 0) is 13.8 Å². The number of fused-ring (bicyclic) bond motifs is 2. The summed E-state index contributed by atoms with van der Waals surface area (Å²) < 4.78 is 11.3. The van der Waals surface area contributed by atoms with Crippen molar-refractivity contribution in [3.63, 3.8) is 0 Å². The van der Waals surface area contributed by atoms with Crippen molar-refractivity contribution in [2.24, 2.45) is 5.92 Å². The Labute approximate surface area is 61.5 Å². The molecule has 0 spiro atoms. The molecule has 2 bridgehead atoms. The van der Waals surface area contributed by atoms with Gasteiger partial charge in [0.05, 0.1) is 24.4 Å². The smallest absolute Gasteiger partial charge is 0.0942 e. The van der Waals surface area contributed by atoms with E-state index >= 15 is 0 Å². The molecule has 58 valence electrons. The summed E-state index contributed by atoms with van der Waals surface area (Å²) >= 11 is 0. The van der Waals surface area contributed by atoms with Crippen molar-refractivity contribution in [3.05, 3.63) is 0 Å². The number of ether oxygens (including phenoxy) is 2. The van der Waals surface area contributed by atoms with E-state index in [-0.39, 0.29) is 5.60 Å². The fourth-order valence-electron chi connectivity index (χ4n) is 2.06. The molecule has 2 fully saturated rings. The van der Waals surface area contributed by atoms with Crippen molar-refractivity contribution >= 4 is 0 Å². The molecule has 0 unspecified atom stereocenters. The normalized spacial score (nSPS) is 59.7. The van der Waals surface area contributed by atoms with Crippen LogP contribution in [-0.2, 0) is 9.47 Å².